The topological polar surface area (TPSA) is 129 Å². The minimum absolute atomic E-state index is 0.0128. The number of carbonyl (C=O) groups is 1. The number of nitrogens with zero attached hydrogens (tertiary/aromatic N) is 8. The number of morpholine rings is 1. The van der Waals surface area contributed by atoms with E-state index in [1.165, 1.54) is 17.7 Å². The summed E-state index contributed by atoms with van der Waals surface area (Å²) in [5, 5.41) is 3.71. The molecule has 6 aromatic rings. The summed E-state index contributed by atoms with van der Waals surface area (Å²) >= 11 is 0. The molecule has 2 saturated heterocycles. The Morgan fingerprint density at radius 2 is 1.77 bits per heavy atom. The predicted octanol–water partition coefficient (Wildman–Crippen LogP) is 5.91. The molecule has 0 bridgehead atoms. The highest BCUT2D eigenvalue weighted by Crippen LogP contribution is 2.41. The number of hydrogen-bond donors (Lipinski definition) is 2. The van der Waals surface area contributed by atoms with E-state index in [9.17, 15) is 4.79 Å². The number of hydrogen-bond acceptors (Lipinski definition) is 10. The number of piperazine rings is 1. The van der Waals surface area contributed by atoms with Crippen LogP contribution in [0.15, 0.2) is 99.0 Å². The molecule has 0 spiro atoms. The molecule has 2 atom stereocenters. The summed E-state index contributed by atoms with van der Waals surface area (Å²) in [5.74, 6) is 0.497. The summed E-state index contributed by atoms with van der Waals surface area (Å²) in [6, 6.07) is 17.1. The molecule has 14 nitrogen and oxygen atoms in total. The standard InChI is InChI=1S/C47H55N10O4/c1-6-31-9-7-8-30(2)43-37(25-35(28-57(43)44(31)54-18-16-51(3)17-19-54)32-10-13-38-41(26-32)60-46(48)53(38)5)50-47-49-36-24-33(11-14-40(36)61-47)39-29-52(4)42-15-12-34(27-56(39)42)45(58)55-20-22-59-23-21-55/h10-15,24-29,31,44,48H,6-9,16-23H2,1-5H3,(H,49,50)/q+1/p+1. The van der Waals surface area contributed by atoms with Gasteiger partial charge in [-0.3, -0.25) is 15.4 Å². The number of aryl methyl sites for hydroxylation is 2. The molecular formula is C47H56N10O4+2. The lowest BCUT2D eigenvalue weighted by Gasteiger charge is -2.49. The Kier molecular flexibility index (Phi) is 10.2. The number of nitrogen functional groups attached to an aromatic ring is 1. The lowest BCUT2D eigenvalue weighted by Crippen LogP contribution is -2.57. The molecule has 3 N–H and O–H groups in total. The van der Waals surface area contributed by atoms with Gasteiger partial charge in [-0.1, -0.05) is 13.3 Å². The fraction of sp³-hybridized carbons (Fsp3) is 0.404. The second kappa shape index (κ2) is 15.8. The molecule has 14 heteroatoms. The van der Waals surface area contributed by atoms with E-state index in [0.717, 1.165) is 95.8 Å². The average Bonchev–Trinajstić information content (AvgIpc) is 3.93. The van der Waals surface area contributed by atoms with Crippen molar-refractivity contribution in [2.45, 2.75) is 45.7 Å². The Labute approximate surface area is 355 Å². The van der Waals surface area contributed by atoms with Crippen molar-refractivity contribution in [3.05, 3.63) is 101 Å². The maximum absolute atomic E-state index is 13.5. The number of amides is 1. The van der Waals surface area contributed by atoms with Gasteiger partial charge in [-0.25, -0.2) is 4.57 Å². The zero-order valence-corrected chi connectivity index (χ0v) is 35.9. The fourth-order valence-corrected chi connectivity index (χ4v) is 9.81. The number of nitrogens with one attached hydrogen (secondary N) is 1. The highest BCUT2D eigenvalue weighted by Gasteiger charge is 2.38. The molecule has 8 heterocycles. The summed E-state index contributed by atoms with van der Waals surface area (Å²) in [6.07, 6.45) is 13.2. The van der Waals surface area contributed by atoms with Crippen molar-refractivity contribution in [3.63, 3.8) is 0 Å². The van der Waals surface area contributed by atoms with Crippen molar-refractivity contribution in [1.29, 1.82) is 0 Å². The highest BCUT2D eigenvalue weighted by atomic mass is 16.5. The molecule has 2 fully saturated rings. The van der Waals surface area contributed by atoms with E-state index in [2.05, 4.69) is 98.7 Å². The van der Waals surface area contributed by atoms with Gasteiger partial charge in [0.15, 0.2) is 22.4 Å². The van der Waals surface area contributed by atoms with Crippen molar-refractivity contribution in [2.75, 3.05) is 70.6 Å². The zero-order valence-electron chi connectivity index (χ0n) is 35.9. The van der Waals surface area contributed by atoms with Gasteiger partial charge in [-0.15, -0.1) is 0 Å². The van der Waals surface area contributed by atoms with Gasteiger partial charge in [0.1, 0.15) is 17.9 Å². The van der Waals surface area contributed by atoms with Gasteiger partial charge in [0.25, 0.3) is 17.6 Å². The van der Waals surface area contributed by atoms with Crippen LogP contribution in [-0.2, 0) is 18.8 Å². The van der Waals surface area contributed by atoms with Crippen molar-refractivity contribution < 1.29 is 27.5 Å². The Hall–Kier alpha value is -5.96. The van der Waals surface area contributed by atoms with Gasteiger partial charge in [0, 0.05) is 62.7 Å². The Bertz CT molecular complexity index is 2760. The van der Waals surface area contributed by atoms with Crippen LogP contribution in [0.25, 0.3) is 44.7 Å². The van der Waals surface area contributed by atoms with Gasteiger partial charge in [-0.2, -0.15) is 14.0 Å². The first-order valence-corrected chi connectivity index (χ1v) is 21.7. The van der Waals surface area contributed by atoms with Crippen molar-refractivity contribution in [2.24, 2.45) is 20.0 Å². The molecule has 2 unspecified atom stereocenters. The first-order valence-electron chi connectivity index (χ1n) is 21.7. The van der Waals surface area contributed by atoms with E-state index in [0.29, 0.717) is 55.4 Å². The van der Waals surface area contributed by atoms with E-state index < -0.39 is 0 Å². The van der Waals surface area contributed by atoms with Crippen LogP contribution in [0.1, 0.15) is 55.5 Å². The quantitative estimate of drug-likeness (QED) is 0.188. The number of pyridine rings is 1. The van der Waals surface area contributed by atoms with Gasteiger partial charge in [-0.05, 0) is 98.8 Å². The Morgan fingerprint density at radius 3 is 2.57 bits per heavy atom. The SMILES string of the molecule is CCC1CCCC(C)=C2C(Nc3nc4cc(-c5c[n+](C)c6ccc(C(=O)N7CCOCC7)cn56)ccc4o3)=CC(c3ccc4c(c3)oc(N)[n+]4C)=CN2C1N1CCN(C)CC1. The largest absolute Gasteiger partial charge is 0.452 e. The number of allylic oxidation sites excluding steroid dienone is 3. The second-order valence-corrected chi connectivity index (χ2v) is 17.2. The normalized spacial score (nSPS) is 20.9. The Morgan fingerprint density at radius 1 is 0.967 bits per heavy atom. The van der Waals surface area contributed by atoms with Crippen LogP contribution >= 0.6 is 0 Å². The van der Waals surface area contributed by atoms with Crippen LogP contribution in [-0.4, -0.2) is 101 Å². The van der Waals surface area contributed by atoms with Crippen molar-refractivity contribution >= 4 is 51.4 Å². The van der Waals surface area contributed by atoms with Crippen LogP contribution in [0.5, 0.6) is 0 Å². The second-order valence-electron chi connectivity index (χ2n) is 17.2. The molecule has 316 valence electrons. The third-order valence-corrected chi connectivity index (χ3v) is 13.3. The molecule has 1 amide bonds. The van der Waals surface area contributed by atoms with Crippen LogP contribution in [0.2, 0.25) is 0 Å². The maximum Gasteiger partial charge on any atom is 0.452 e. The predicted molar refractivity (Wildman–Crippen MR) is 235 cm³/mol. The lowest BCUT2D eigenvalue weighted by molar-refractivity contribution is -0.644. The average molecular weight is 825 g/mol. The van der Waals surface area contributed by atoms with Crippen LogP contribution in [0.3, 0.4) is 0 Å². The number of imidazole rings is 1. The number of rotatable bonds is 7. The first kappa shape index (κ1) is 39.2. The molecule has 2 aromatic carbocycles. The number of ether oxygens (including phenoxy) is 1. The summed E-state index contributed by atoms with van der Waals surface area (Å²) in [6.45, 7) is 11.0. The van der Waals surface area contributed by atoms with E-state index in [1.807, 2.05) is 48.0 Å². The molecule has 61 heavy (non-hydrogen) atoms. The summed E-state index contributed by atoms with van der Waals surface area (Å²) in [7, 11) is 6.16. The maximum atomic E-state index is 13.5. The molecule has 0 saturated carbocycles. The number of oxazole rings is 2. The number of benzene rings is 2. The number of fused-ring (bicyclic) bond motifs is 4. The third kappa shape index (κ3) is 7.15. The zero-order chi connectivity index (χ0) is 41.9. The van der Waals surface area contributed by atoms with Gasteiger partial charge in [0.2, 0.25) is 0 Å². The number of aromatic nitrogens is 4. The summed E-state index contributed by atoms with van der Waals surface area (Å²) < 4.78 is 24.0. The van der Waals surface area contributed by atoms with Crippen LogP contribution < -0.4 is 20.2 Å². The van der Waals surface area contributed by atoms with E-state index in [-0.39, 0.29) is 12.1 Å². The number of carbonyl (C=O) groups excluding carboxylic acids is 1. The molecule has 0 radical (unpaired) electrons. The number of anilines is 2. The highest BCUT2D eigenvalue weighted by molar-refractivity contribution is 5.94. The molecule has 0 aliphatic carbocycles. The molecule has 10 rings (SSSR count). The third-order valence-electron chi connectivity index (χ3n) is 13.3. The lowest BCUT2D eigenvalue weighted by atomic mass is 9.87. The fourth-order valence-electron chi connectivity index (χ4n) is 9.81. The van der Waals surface area contributed by atoms with E-state index in [4.69, 9.17) is 24.3 Å². The molecule has 4 aromatic heterocycles. The monoisotopic (exact) mass is 824 g/mol. The minimum Gasteiger partial charge on any atom is -0.423 e. The first-order chi connectivity index (χ1) is 29.6. The van der Waals surface area contributed by atoms with Crippen molar-refractivity contribution in [3.8, 4) is 11.3 Å². The van der Waals surface area contributed by atoms with Gasteiger partial charge < -0.3 is 33.6 Å². The van der Waals surface area contributed by atoms with Crippen LogP contribution in [0.4, 0.5) is 12.0 Å². The summed E-state index contributed by atoms with van der Waals surface area (Å²) in [4.78, 5) is 28.1. The van der Waals surface area contributed by atoms with Gasteiger partial charge in [0.05, 0.1) is 50.4 Å². The summed E-state index contributed by atoms with van der Waals surface area (Å²) in [5.41, 5.74) is 18.4. The van der Waals surface area contributed by atoms with Crippen LogP contribution in [0, 0.1) is 5.92 Å². The minimum atomic E-state index is 0.0128. The molecular weight excluding hydrogens is 769 g/mol. The number of nitrogens with two attached hydrogens (primary N) is 1. The van der Waals surface area contributed by atoms with E-state index >= 15 is 0 Å². The van der Waals surface area contributed by atoms with Gasteiger partial charge >= 0.3 is 6.01 Å². The smallest absolute Gasteiger partial charge is 0.423 e. The van der Waals surface area contributed by atoms with E-state index in [1.54, 1.807) is 0 Å². The van der Waals surface area contributed by atoms with Crippen molar-refractivity contribution in [1.82, 2.24) is 29.0 Å². The Balaban J connectivity index is 1.04. The number of likely N-dealkylation sites (N-methyl/N-ethyl adjacent to an activating group) is 1. The molecule has 4 aliphatic rings. The molecule has 4 aliphatic heterocycles.